The minimum atomic E-state index is -0.417. The van der Waals surface area contributed by atoms with Crippen molar-refractivity contribution in [3.05, 3.63) is 34.1 Å². The fourth-order valence-electron chi connectivity index (χ4n) is 2.08. The summed E-state index contributed by atoms with van der Waals surface area (Å²) < 4.78 is 18.0. The van der Waals surface area contributed by atoms with E-state index in [1.807, 2.05) is 0 Å². The lowest BCUT2D eigenvalue weighted by Crippen LogP contribution is -2.38. The summed E-state index contributed by atoms with van der Waals surface area (Å²) in [6.07, 6.45) is 0.273. The van der Waals surface area contributed by atoms with Crippen molar-refractivity contribution in [2.45, 2.75) is 12.5 Å². The van der Waals surface area contributed by atoms with Crippen molar-refractivity contribution >= 4 is 27.9 Å². The van der Waals surface area contributed by atoms with Crippen molar-refractivity contribution in [2.75, 3.05) is 20.2 Å². The lowest BCUT2D eigenvalue weighted by molar-refractivity contribution is 0.0934. The van der Waals surface area contributed by atoms with Crippen LogP contribution in [-0.2, 0) is 4.74 Å². The van der Waals surface area contributed by atoms with E-state index >= 15 is 0 Å². The predicted octanol–water partition coefficient (Wildman–Crippen LogP) is 2.16. The molecule has 5 nitrogen and oxygen atoms in total. The van der Waals surface area contributed by atoms with Crippen molar-refractivity contribution in [3.63, 3.8) is 0 Å². The van der Waals surface area contributed by atoms with E-state index in [9.17, 15) is 14.0 Å². The number of nitrogens with one attached hydrogen (secondary N) is 1. The number of carbonyl (C=O) groups is 2. The molecule has 1 atom stereocenters. The van der Waals surface area contributed by atoms with E-state index in [0.717, 1.165) is 0 Å². The number of amides is 2. The van der Waals surface area contributed by atoms with Crippen LogP contribution in [0.25, 0.3) is 0 Å². The van der Waals surface area contributed by atoms with Gasteiger partial charge in [-0.2, -0.15) is 0 Å². The first-order chi connectivity index (χ1) is 9.51. The fraction of sp³-hybridized carbons (Fsp3) is 0.385. The Labute approximate surface area is 124 Å². The van der Waals surface area contributed by atoms with E-state index < -0.39 is 11.9 Å². The first-order valence-electron chi connectivity index (χ1n) is 6.10. The van der Waals surface area contributed by atoms with Gasteiger partial charge in [0.05, 0.1) is 11.6 Å². The Balaban J connectivity index is 1.95. The van der Waals surface area contributed by atoms with E-state index in [0.29, 0.717) is 25.1 Å². The van der Waals surface area contributed by atoms with E-state index in [2.05, 4.69) is 26.0 Å². The minimum absolute atomic E-state index is 0.120. The second kappa shape index (κ2) is 6.21. The summed E-state index contributed by atoms with van der Waals surface area (Å²) in [6, 6.07) is 3.96. The average Bonchev–Trinajstić information content (AvgIpc) is 2.89. The summed E-state index contributed by atoms with van der Waals surface area (Å²) in [5, 5.41) is 2.82. The van der Waals surface area contributed by atoms with Gasteiger partial charge in [0, 0.05) is 24.7 Å². The smallest absolute Gasteiger partial charge is 0.409 e. The third-order valence-corrected chi connectivity index (χ3v) is 3.75. The van der Waals surface area contributed by atoms with Crippen LogP contribution in [0.15, 0.2) is 22.7 Å². The van der Waals surface area contributed by atoms with Crippen LogP contribution in [0.1, 0.15) is 16.8 Å². The van der Waals surface area contributed by atoms with Crippen LogP contribution in [0.5, 0.6) is 0 Å². The van der Waals surface area contributed by atoms with Crippen molar-refractivity contribution in [2.24, 2.45) is 0 Å². The molecule has 0 spiro atoms. The standard InChI is InChI=1S/C13H14BrFN2O3/c1-20-13(19)17-5-4-9(7-17)16-12(18)8-2-3-11(15)10(14)6-8/h2-3,6,9H,4-5,7H2,1H3,(H,16,18)/t9-/m0/s1. The molecule has 1 N–H and O–H groups in total. The molecule has 0 bridgehead atoms. The van der Waals surface area contributed by atoms with Crippen LogP contribution in [-0.4, -0.2) is 43.1 Å². The highest BCUT2D eigenvalue weighted by Gasteiger charge is 2.28. The molecular weight excluding hydrogens is 331 g/mol. The SMILES string of the molecule is COC(=O)N1CC[C@H](NC(=O)c2ccc(F)c(Br)c2)C1. The van der Waals surface area contributed by atoms with Crippen molar-refractivity contribution in [1.29, 1.82) is 0 Å². The first kappa shape index (κ1) is 14.8. The van der Waals surface area contributed by atoms with Gasteiger partial charge in [-0.1, -0.05) is 0 Å². The van der Waals surface area contributed by atoms with Gasteiger partial charge in [-0.15, -0.1) is 0 Å². The first-order valence-corrected chi connectivity index (χ1v) is 6.89. The molecule has 2 amide bonds. The molecule has 7 heteroatoms. The molecule has 0 radical (unpaired) electrons. The van der Waals surface area contributed by atoms with Gasteiger partial charge in [-0.3, -0.25) is 4.79 Å². The van der Waals surface area contributed by atoms with Gasteiger partial charge in [0.2, 0.25) is 0 Å². The lowest BCUT2D eigenvalue weighted by Gasteiger charge is -2.15. The molecule has 0 aliphatic carbocycles. The van der Waals surface area contributed by atoms with Gasteiger partial charge in [-0.25, -0.2) is 9.18 Å². The van der Waals surface area contributed by atoms with Crippen LogP contribution in [0, 0.1) is 5.82 Å². The third-order valence-electron chi connectivity index (χ3n) is 3.14. The topological polar surface area (TPSA) is 58.6 Å². The molecule has 1 heterocycles. The summed E-state index contributed by atoms with van der Waals surface area (Å²) in [4.78, 5) is 24.9. The van der Waals surface area contributed by atoms with Crippen LogP contribution >= 0.6 is 15.9 Å². The number of methoxy groups -OCH3 is 1. The number of hydrogen-bond donors (Lipinski definition) is 1. The van der Waals surface area contributed by atoms with Gasteiger partial charge in [-0.05, 0) is 40.5 Å². The molecule has 1 fully saturated rings. The molecule has 1 saturated heterocycles. The molecule has 0 saturated carbocycles. The second-order valence-corrected chi connectivity index (χ2v) is 5.36. The van der Waals surface area contributed by atoms with Crippen LogP contribution < -0.4 is 5.32 Å². The Kier molecular flexibility index (Phi) is 4.59. The van der Waals surface area contributed by atoms with Crippen molar-refractivity contribution < 1.29 is 18.7 Å². The van der Waals surface area contributed by atoms with Gasteiger partial charge in [0.15, 0.2) is 0 Å². The van der Waals surface area contributed by atoms with Crippen LogP contribution in [0.4, 0.5) is 9.18 Å². The van der Waals surface area contributed by atoms with Crippen LogP contribution in [0.2, 0.25) is 0 Å². The van der Waals surface area contributed by atoms with E-state index in [4.69, 9.17) is 0 Å². The second-order valence-electron chi connectivity index (χ2n) is 4.50. The van der Waals surface area contributed by atoms with Gasteiger partial charge < -0.3 is 15.0 Å². The Hall–Kier alpha value is -1.63. The summed E-state index contributed by atoms with van der Waals surface area (Å²) in [6.45, 7) is 0.964. The van der Waals surface area contributed by atoms with E-state index in [1.165, 1.54) is 30.2 Å². The quantitative estimate of drug-likeness (QED) is 0.894. The number of rotatable bonds is 2. The number of benzene rings is 1. The zero-order valence-electron chi connectivity index (χ0n) is 10.9. The molecule has 108 valence electrons. The number of likely N-dealkylation sites (tertiary alicyclic amines) is 1. The van der Waals surface area contributed by atoms with E-state index in [1.54, 1.807) is 0 Å². The third kappa shape index (κ3) is 3.27. The maximum absolute atomic E-state index is 13.1. The molecule has 1 aromatic carbocycles. The Morgan fingerprint density at radius 3 is 2.90 bits per heavy atom. The number of halogens is 2. The van der Waals surface area contributed by atoms with Crippen molar-refractivity contribution in [1.82, 2.24) is 10.2 Å². The Morgan fingerprint density at radius 1 is 1.50 bits per heavy atom. The molecule has 20 heavy (non-hydrogen) atoms. The normalized spacial score (nSPS) is 17.9. The zero-order chi connectivity index (χ0) is 14.7. The number of nitrogens with zero attached hydrogens (tertiary/aromatic N) is 1. The summed E-state index contributed by atoms with van der Waals surface area (Å²) in [7, 11) is 1.32. The molecular formula is C13H14BrFN2O3. The largest absolute Gasteiger partial charge is 0.453 e. The zero-order valence-corrected chi connectivity index (χ0v) is 12.4. The Morgan fingerprint density at radius 2 is 2.25 bits per heavy atom. The number of hydrogen-bond acceptors (Lipinski definition) is 3. The summed E-state index contributed by atoms with van der Waals surface area (Å²) in [5.41, 5.74) is 0.370. The summed E-state index contributed by atoms with van der Waals surface area (Å²) in [5.74, 6) is -0.707. The lowest BCUT2D eigenvalue weighted by atomic mass is 10.2. The highest BCUT2D eigenvalue weighted by molar-refractivity contribution is 9.10. The highest BCUT2D eigenvalue weighted by atomic mass is 79.9. The van der Waals surface area contributed by atoms with Gasteiger partial charge in [0.25, 0.3) is 5.91 Å². The molecule has 1 aromatic rings. The molecule has 0 aromatic heterocycles. The number of ether oxygens (including phenoxy) is 1. The molecule has 0 unspecified atom stereocenters. The predicted molar refractivity (Wildman–Crippen MR) is 73.9 cm³/mol. The van der Waals surface area contributed by atoms with Gasteiger partial charge in [0.1, 0.15) is 5.82 Å². The average molecular weight is 345 g/mol. The fourth-order valence-corrected chi connectivity index (χ4v) is 2.46. The molecule has 2 rings (SSSR count). The van der Waals surface area contributed by atoms with Crippen molar-refractivity contribution in [3.8, 4) is 0 Å². The monoisotopic (exact) mass is 344 g/mol. The van der Waals surface area contributed by atoms with E-state index in [-0.39, 0.29) is 16.4 Å². The van der Waals surface area contributed by atoms with Gasteiger partial charge >= 0.3 is 6.09 Å². The summed E-state index contributed by atoms with van der Waals surface area (Å²) >= 11 is 3.04. The maximum Gasteiger partial charge on any atom is 0.409 e. The Bertz CT molecular complexity index is 538. The highest BCUT2D eigenvalue weighted by Crippen LogP contribution is 2.17. The minimum Gasteiger partial charge on any atom is -0.453 e. The number of carbonyl (C=O) groups excluding carboxylic acids is 2. The van der Waals surface area contributed by atoms with Crippen LogP contribution in [0.3, 0.4) is 0 Å². The molecule has 1 aliphatic heterocycles. The molecule has 1 aliphatic rings. The maximum atomic E-state index is 13.1.